The van der Waals surface area contributed by atoms with Gasteiger partial charge in [-0.15, -0.1) is 0 Å². The predicted octanol–water partition coefficient (Wildman–Crippen LogP) is -0.0433. The van der Waals surface area contributed by atoms with Gasteiger partial charge in [-0.1, -0.05) is 30.3 Å². The van der Waals surface area contributed by atoms with Crippen LogP contribution >= 0.6 is 0 Å². The van der Waals surface area contributed by atoms with Crippen LogP contribution in [0.2, 0.25) is 0 Å². The lowest BCUT2D eigenvalue weighted by atomic mass is 10.2. The van der Waals surface area contributed by atoms with Crippen molar-refractivity contribution >= 4 is 23.8 Å². The van der Waals surface area contributed by atoms with Gasteiger partial charge in [0.1, 0.15) is 13.2 Å². The van der Waals surface area contributed by atoms with Crippen molar-refractivity contribution in [3.05, 3.63) is 35.9 Å². The monoisotopic (exact) mass is 365 g/mol. The third-order valence-electron chi connectivity index (χ3n) is 3.33. The molecule has 0 atom stereocenters. The van der Waals surface area contributed by atoms with E-state index in [-0.39, 0.29) is 32.0 Å². The van der Waals surface area contributed by atoms with Crippen molar-refractivity contribution in [1.29, 1.82) is 0 Å². The molecule has 9 nitrogen and oxygen atoms in total. The first kappa shape index (κ1) is 21.1. The maximum absolute atomic E-state index is 11.8. The number of aliphatic carboxylic acids is 1. The van der Waals surface area contributed by atoms with Crippen molar-refractivity contribution < 1.29 is 29.0 Å². The van der Waals surface area contributed by atoms with Crippen LogP contribution < -0.4 is 5.32 Å². The quantitative estimate of drug-likeness (QED) is 0.597. The Morgan fingerprint density at radius 2 is 1.65 bits per heavy atom. The Balaban J connectivity index is 2.25. The number of rotatable bonds is 10. The Hall–Kier alpha value is -2.94. The minimum absolute atomic E-state index is 0.112. The smallest absolute Gasteiger partial charge is 0.410 e. The molecule has 26 heavy (non-hydrogen) atoms. The summed E-state index contributed by atoms with van der Waals surface area (Å²) in [6.45, 7) is -0.758. The highest BCUT2D eigenvalue weighted by Crippen LogP contribution is 2.02. The molecular weight excluding hydrogens is 342 g/mol. The number of benzene rings is 1. The second-order valence-corrected chi connectivity index (χ2v) is 5.68. The normalized spacial score (nSPS) is 10.1. The van der Waals surface area contributed by atoms with Crippen LogP contribution in [0.1, 0.15) is 5.56 Å². The van der Waals surface area contributed by atoms with Gasteiger partial charge >= 0.3 is 12.1 Å². The highest BCUT2D eigenvalue weighted by molar-refractivity contribution is 5.86. The number of nitrogens with one attached hydrogen (secondary N) is 1. The maximum atomic E-state index is 11.8. The van der Waals surface area contributed by atoms with Crippen LogP contribution in [0.4, 0.5) is 4.79 Å². The van der Waals surface area contributed by atoms with Gasteiger partial charge in [0, 0.05) is 14.1 Å². The number of carboxylic acids is 1. The molecule has 0 saturated heterocycles. The van der Waals surface area contributed by atoms with Gasteiger partial charge in [-0.05, 0) is 5.56 Å². The molecule has 0 radical (unpaired) electrons. The number of hydrogen-bond donors (Lipinski definition) is 2. The standard InChI is InChI=1S/C17H23N3O6/c1-19(11-16(23)24)15(22)9-18-8-14(21)10-20(2)17(25)26-12-13-6-4-3-5-7-13/h3-7,18H,8-12H2,1-2H3,(H,23,24). The largest absolute Gasteiger partial charge is 0.480 e. The molecule has 1 aromatic carbocycles. The fourth-order valence-corrected chi connectivity index (χ4v) is 1.95. The average molecular weight is 365 g/mol. The van der Waals surface area contributed by atoms with Gasteiger partial charge in [0.25, 0.3) is 0 Å². The van der Waals surface area contributed by atoms with E-state index in [0.29, 0.717) is 0 Å². The lowest BCUT2D eigenvalue weighted by Gasteiger charge is -2.17. The fraction of sp³-hybridized carbons (Fsp3) is 0.412. The van der Waals surface area contributed by atoms with Crippen molar-refractivity contribution in [2.75, 3.05) is 40.3 Å². The van der Waals surface area contributed by atoms with Crippen LogP contribution in [0.25, 0.3) is 0 Å². The molecule has 142 valence electrons. The number of nitrogens with zero attached hydrogens (tertiary/aromatic N) is 2. The third kappa shape index (κ3) is 8.25. The number of carbonyl (C=O) groups excluding carboxylic acids is 3. The molecule has 2 amide bonds. The molecule has 0 aromatic heterocycles. The molecule has 0 unspecified atom stereocenters. The zero-order valence-corrected chi connectivity index (χ0v) is 14.8. The van der Waals surface area contributed by atoms with E-state index >= 15 is 0 Å². The molecule has 0 bridgehead atoms. The van der Waals surface area contributed by atoms with Crippen LogP contribution in [0, 0.1) is 0 Å². The van der Waals surface area contributed by atoms with E-state index in [4.69, 9.17) is 9.84 Å². The second-order valence-electron chi connectivity index (χ2n) is 5.68. The molecule has 1 aromatic rings. The van der Waals surface area contributed by atoms with Gasteiger partial charge in [0.2, 0.25) is 5.91 Å². The first-order valence-electron chi connectivity index (χ1n) is 7.89. The molecular formula is C17H23N3O6. The highest BCUT2D eigenvalue weighted by Gasteiger charge is 2.15. The lowest BCUT2D eigenvalue weighted by Crippen LogP contribution is -2.41. The first-order valence-corrected chi connectivity index (χ1v) is 7.89. The van der Waals surface area contributed by atoms with E-state index in [1.807, 2.05) is 30.3 Å². The number of hydrogen-bond acceptors (Lipinski definition) is 6. The summed E-state index contributed by atoms with van der Waals surface area (Å²) in [5, 5.41) is 11.2. The molecule has 9 heteroatoms. The summed E-state index contributed by atoms with van der Waals surface area (Å²) in [5.74, 6) is -1.87. The van der Waals surface area contributed by atoms with Crippen LogP contribution in [0.15, 0.2) is 30.3 Å². The number of ether oxygens (including phenoxy) is 1. The van der Waals surface area contributed by atoms with Gasteiger partial charge in [-0.25, -0.2) is 4.79 Å². The summed E-state index contributed by atoms with van der Waals surface area (Å²) < 4.78 is 5.10. The molecule has 0 aliphatic heterocycles. The highest BCUT2D eigenvalue weighted by atomic mass is 16.6. The molecule has 0 aliphatic rings. The van der Waals surface area contributed by atoms with Crippen molar-refractivity contribution in [2.45, 2.75) is 6.61 Å². The molecule has 0 spiro atoms. The zero-order chi connectivity index (χ0) is 19.5. The Labute approximate surface area is 151 Å². The van der Waals surface area contributed by atoms with Crippen molar-refractivity contribution in [2.24, 2.45) is 0 Å². The fourth-order valence-electron chi connectivity index (χ4n) is 1.95. The van der Waals surface area contributed by atoms with Crippen LogP contribution in [-0.4, -0.2) is 78.9 Å². The number of ketones is 1. The third-order valence-corrected chi connectivity index (χ3v) is 3.33. The van der Waals surface area contributed by atoms with Crippen LogP contribution in [0.3, 0.4) is 0 Å². The number of carbonyl (C=O) groups is 4. The van der Waals surface area contributed by atoms with E-state index in [1.54, 1.807) is 0 Å². The number of likely N-dealkylation sites (N-methyl/N-ethyl adjacent to an activating group) is 2. The van der Waals surface area contributed by atoms with Crippen molar-refractivity contribution in [3.8, 4) is 0 Å². The molecule has 0 fully saturated rings. The summed E-state index contributed by atoms with van der Waals surface area (Å²) >= 11 is 0. The summed E-state index contributed by atoms with van der Waals surface area (Å²) in [5.41, 5.74) is 0.839. The minimum Gasteiger partial charge on any atom is -0.480 e. The second kappa shape index (κ2) is 10.8. The van der Waals surface area contributed by atoms with E-state index < -0.39 is 24.5 Å². The Morgan fingerprint density at radius 1 is 1.00 bits per heavy atom. The zero-order valence-electron chi connectivity index (χ0n) is 14.8. The number of carboxylic acid groups (broad SMARTS) is 1. The van der Waals surface area contributed by atoms with E-state index in [1.165, 1.54) is 14.1 Å². The topological polar surface area (TPSA) is 116 Å². The van der Waals surface area contributed by atoms with E-state index in [2.05, 4.69) is 5.32 Å². The predicted molar refractivity (Wildman–Crippen MR) is 92.4 cm³/mol. The van der Waals surface area contributed by atoms with E-state index in [0.717, 1.165) is 15.4 Å². The molecule has 0 heterocycles. The van der Waals surface area contributed by atoms with Crippen molar-refractivity contribution in [3.63, 3.8) is 0 Å². The van der Waals surface area contributed by atoms with E-state index in [9.17, 15) is 19.2 Å². The van der Waals surface area contributed by atoms with Gasteiger partial charge in [0.05, 0.1) is 19.6 Å². The first-order chi connectivity index (χ1) is 12.3. The average Bonchev–Trinajstić information content (AvgIpc) is 2.59. The molecule has 0 aliphatic carbocycles. The van der Waals surface area contributed by atoms with Crippen molar-refractivity contribution in [1.82, 2.24) is 15.1 Å². The maximum Gasteiger partial charge on any atom is 0.410 e. The number of Topliss-reactive ketones (excluding diaryl/α,β-unsaturated/α-hetero) is 1. The summed E-state index contributed by atoms with van der Waals surface area (Å²) in [7, 11) is 2.80. The summed E-state index contributed by atoms with van der Waals surface area (Å²) in [6.07, 6.45) is -0.625. The minimum atomic E-state index is -1.12. The van der Waals surface area contributed by atoms with Gasteiger partial charge in [-0.3, -0.25) is 14.4 Å². The molecule has 2 N–H and O–H groups in total. The molecule has 1 rings (SSSR count). The molecule has 0 saturated carbocycles. The van der Waals surface area contributed by atoms with Gasteiger partial charge in [-0.2, -0.15) is 0 Å². The van der Waals surface area contributed by atoms with Crippen LogP contribution in [-0.2, 0) is 25.7 Å². The Kier molecular flexibility index (Phi) is 8.79. The Bertz CT molecular complexity index is 635. The van der Waals surface area contributed by atoms with Gasteiger partial charge < -0.3 is 25.0 Å². The van der Waals surface area contributed by atoms with Crippen LogP contribution in [0.5, 0.6) is 0 Å². The van der Waals surface area contributed by atoms with Gasteiger partial charge in [0.15, 0.2) is 5.78 Å². The number of amides is 2. The summed E-state index contributed by atoms with van der Waals surface area (Å²) in [6, 6.07) is 9.16. The SMILES string of the molecule is CN(CC(=O)O)C(=O)CNCC(=O)CN(C)C(=O)OCc1ccccc1. The summed E-state index contributed by atoms with van der Waals surface area (Å²) in [4.78, 5) is 48.0. The lowest BCUT2D eigenvalue weighted by molar-refractivity contribution is -0.143. The Morgan fingerprint density at radius 3 is 2.27 bits per heavy atom.